The monoisotopic (exact) mass is 119 g/mol. The number of anilines is 1. The summed E-state index contributed by atoms with van der Waals surface area (Å²) >= 11 is 0. The van der Waals surface area contributed by atoms with E-state index in [2.05, 4.69) is 5.32 Å². The molecule has 1 aromatic carbocycles. The van der Waals surface area contributed by atoms with Crippen LogP contribution in [-0.4, -0.2) is 7.05 Å². The summed E-state index contributed by atoms with van der Waals surface area (Å²) in [6, 6.07) is 10.1. The van der Waals surface area contributed by atoms with Crippen LogP contribution in [0.1, 0.15) is 0 Å². The zero-order chi connectivity index (χ0) is 5.82. The van der Waals surface area contributed by atoms with Gasteiger partial charge in [-0.1, -0.05) is 18.2 Å². The predicted molar refractivity (Wildman–Crippen MR) is 39.2 cm³/mol. The third-order valence-corrected chi connectivity index (χ3v) is 1.06. The van der Waals surface area contributed by atoms with E-state index in [0.717, 1.165) is 5.69 Å². The lowest BCUT2D eigenvalue weighted by atomic mass is 10.3. The summed E-state index contributed by atoms with van der Waals surface area (Å²) < 4.78 is 0. The fraction of sp³-hybridized carbons (Fsp3) is 0.125. The molecule has 46 valence electrons. The quantitative estimate of drug-likeness (QED) is 0.594. The largest absolute Gasteiger partial charge is 0.388 e. The van der Waals surface area contributed by atoms with Crippen molar-refractivity contribution in [1.82, 2.24) is 0 Å². The van der Waals surface area contributed by atoms with Crippen LogP contribution in [0.15, 0.2) is 30.3 Å². The van der Waals surface area contributed by atoms with Gasteiger partial charge in [-0.3, -0.25) is 0 Å². The van der Waals surface area contributed by atoms with Crippen LogP contribution in [0.2, 0.25) is 0 Å². The highest BCUT2D eigenvalue weighted by atomic mass is 14.8. The van der Waals surface area contributed by atoms with Crippen LogP contribution in [0.5, 0.6) is 0 Å². The van der Waals surface area contributed by atoms with Gasteiger partial charge in [-0.05, 0) is 12.1 Å². The Morgan fingerprint density at radius 1 is 1.11 bits per heavy atom. The van der Waals surface area contributed by atoms with Crippen LogP contribution in [0.3, 0.4) is 0 Å². The molecule has 0 aromatic heterocycles. The first-order chi connectivity index (χ1) is 3.93. The molecule has 1 nitrogen and oxygen atoms in total. The molecule has 0 bridgehead atoms. The molecule has 0 aliphatic heterocycles. The highest BCUT2D eigenvalue weighted by molar-refractivity contribution is 5.41. The minimum Gasteiger partial charge on any atom is -0.388 e. The minimum absolute atomic E-state index is 0. The first kappa shape index (κ1) is 8.02. The normalized spacial score (nSPS) is 7.67. The van der Waals surface area contributed by atoms with Crippen LogP contribution in [0, 0.1) is 7.43 Å². The zero-order valence-electron chi connectivity index (χ0n) is 5.39. The van der Waals surface area contributed by atoms with Gasteiger partial charge in [0.25, 0.3) is 0 Å². The number of benzene rings is 1. The first-order valence-electron chi connectivity index (χ1n) is 2.66. The molecular weight excluding hydrogens is 110 g/mol. The van der Waals surface area contributed by atoms with Crippen molar-refractivity contribution in [2.45, 2.75) is 0 Å². The van der Waals surface area contributed by atoms with Crippen molar-refractivity contribution in [3.8, 4) is 0 Å². The summed E-state index contributed by atoms with van der Waals surface area (Å²) in [5, 5.41) is 3.03. The third-order valence-electron chi connectivity index (χ3n) is 1.06. The molecule has 1 heteroatoms. The molecule has 0 spiro atoms. The highest BCUT2D eigenvalue weighted by Gasteiger charge is 1.77. The van der Waals surface area contributed by atoms with E-state index in [-0.39, 0.29) is 7.43 Å². The Labute approximate surface area is 56.7 Å². The van der Waals surface area contributed by atoms with Crippen molar-refractivity contribution in [3.05, 3.63) is 37.8 Å². The summed E-state index contributed by atoms with van der Waals surface area (Å²) in [6.07, 6.45) is 0. The predicted octanol–water partition coefficient (Wildman–Crippen LogP) is 1.81. The highest BCUT2D eigenvalue weighted by Crippen LogP contribution is 2.01. The zero-order valence-corrected chi connectivity index (χ0v) is 5.39. The van der Waals surface area contributed by atoms with Crippen LogP contribution < -0.4 is 5.32 Å². The molecule has 4 radical (unpaired) electrons. The van der Waals surface area contributed by atoms with Gasteiger partial charge in [-0.25, -0.2) is 0 Å². The van der Waals surface area contributed by atoms with E-state index in [9.17, 15) is 0 Å². The van der Waals surface area contributed by atoms with Crippen molar-refractivity contribution in [2.24, 2.45) is 0 Å². The van der Waals surface area contributed by atoms with E-state index in [1.807, 2.05) is 37.4 Å². The van der Waals surface area contributed by atoms with Crippen LogP contribution >= 0.6 is 0 Å². The molecule has 0 aliphatic rings. The standard InChI is InChI=1S/C7H9N.C/c1-8-7-5-3-2-4-6-7;/h2-6,8H,1H3;. The van der Waals surface area contributed by atoms with Crippen molar-refractivity contribution < 1.29 is 0 Å². The van der Waals surface area contributed by atoms with Crippen molar-refractivity contribution in [2.75, 3.05) is 12.4 Å². The summed E-state index contributed by atoms with van der Waals surface area (Å²) in [7, 11) is 1.91. The molecule has 0 fully saturated rings. The average Bonchev–Trinajstić information content (AvgIpc) is 1.90. The van der Waals surface area contributed by atoms with E-state index in [0.29, 0.717) is 0 Å². The maximum atomic E-state index is 3.03. The van der Waals surface area contributed by atoms with Crippen molar-refractivity contribution >= 4 is 5.69 Å². The molecule has 0 aliphatic carbocycles. The second-order valence-corrected chi connectivity index (χ2v) is 1.62. The molecule has 1 N–H and O–H groups in total. The summed E-state index contributed by atoms with van der Waals surface area (Å²) in [5.41, 5.74) is 1.16. The fourth-order valence-corrected chi connectivity index (χ4v) is 0.605. The van der Waals surface area contributed by atoms with Crippen molar-refractivity contribution in [1.29, 1.82) is 0 Å². The smallest absolute Gasteiger partial charge is 0.0337 e. The Bertz CT molecular complexity index is 146. The second kappa shape index (κ2) is 3.96. The van der Waals surface area contributed by atoms with Crippen LogP contribution in [0.25, 0.3) is 0 Å². The Hall–Kier alpha value is -0.980. The maximum Gasteiger partial charge on any atom is 0.0337 e. The topological polar surface area (TPSA) is 12.0 Å². The number of rotatable bonds is 1. The molecule has 0 saturated heterocycles. The molecule has 9 heavy (non-hydrogen) atoms. The molecule has 1 aromatic rings. The Kier molecular flexibility index (Phi) is 3.52. The Morgan fingerprint density at radius 3 is 2.00 bits per heavy atom. The van der Waals surface area contributed by atoms with Gasteiger partial charge in [0.1, 0.15) is 0 Å². The molecule has 0 atom stereocenters. The van der Waals surface area contributed by atoms with Gasteiger partial charge >= 0.3 is 0 Å². The summed E-state index contributed by atoms with van der Waals surface area (Å²) in [4.78, 5) is 0. The van der Waals surface area contributed by atoms with Gasteiger partial charge in [0.15, 0.2) is 0 Å². The van der Waals surface area contributed by atoms with Crippen molar-refractivity contribution in [3.63, 3.8) is 0 Å². The van der Waals surface area contributed by atoms with Gasteiger partial charge in [-0.15, -0.1) is 0 Å². The molecular formula is C8H9N. The van der Waals surface area contributed by atoms with Gasteiger partial charge in [-0.2, -0.15) is 0 Å². The van der Waals surface area contributed by atoms with E-state index in [4.69, 9.17) is 0 Å². The van der Waals surface area contributed by atoms with Gasteiger partial charge in [0, 0.05) is 20.2 Å². The molecule has 0 saturated carbocycles. The minimum atomic E-state index is 0. The van der Waals surface area contributed by atoms with Crippen LogP contribution in [0.4, 0.5) is 5.69 Å². The van der Waals surface area contributed by atoms with Crippen LogP contribution in [-0.2, 0) is 0 Å². The first-order valence-corrected chi connectivity index (χ1v) is 2.66. The lowest BCUT2D eigenvalue weighted by molar-refractivity contribution is 1.51. The lowest BCUT2D eigenvalue weighted by Crippen LogP contribution is -1.84. The number of para-hydroxylation sites is 1. The Morgan fingerprint density at radius 2 is 1.67 bits per heavy atom. The molecule has 0 heterocycles. The SMILES string of the molecule is CNc1ccccc1.[C]. The number of hydrogen-bond donors (Lipinski definition) is 1. The van der Waals surface area contributed by atoms with Gasteiger partial charge in [0.05, 0.1) is 0 Å². The fourth-order valence-electron chi connectivity index (χ4n) is 0.605. The van der Waals surface area contributed by atoms with E-state index in [1.165, 1.54) is 0 Å². The molecule has 0 unspecified atom stereocenters. The number of nitrogens with one attached hydrogen (secondary N) is 1. The van der Waals surface area contributed by atoms with E-state index < -0.39 is 0 Å². The lowest BCUT2D eigenvalue weighted by Gasteiger charge is -1.94. The number of hydrogen-bond acceptors (Lipinski definition) is 1. The van der Waals surface area contributed by atoms with E-state index >= 15 is 0 Å². The summed E-state index contributed by atoms with van der Waals surface area (Å²) in [6.45, 7) is 0. The second-order valence-electron chi connectivity index (χ2n) is 1.62. The maximum absolute atomic E-state index is 3.03. The molecule has 1 rings (SSSR count). The summed E-state index contributed by atoms with van der Waals surface area (Å²) in [5.74, 6) is 0. The molecule has 0 amide bonds. The van der Waals surface area contributed by atoms with E-state index in [1.54, 1.807) is 0 Å². The van der Waals surface area contributed by atoms with Gasteiger partial charge < -0.3 is 5.32 Å². The Balaban J connectivity index is 0.000000640. The third kappa shape index (κ3) is 2.17. The van der Waals surface area contributed by atoms with Gasteiger partial charge in [0.2, 0.25) is 0 Å². The average molecular weight is 119 g/mol.